The van der Waals surface area contributed by atoms with Gasteiger partial charge in [0.2, 0.25) is 0 Å². The number of nitrogens with one attached hydrogen (secondary N) is 1. The molecule has 0 atom stereocenters. The zero-order chi connectivity index (χ0) is 28.6. The molecule has 40 heavy (non-hydrogen) atoms. The van der Waals surface area contributed by atoms with E-state index in [2.05, 4.69) is 5.32 Å². The molecule has 1 aromatic heterocycles. The normalized spacial score (nSPS) is 13.9. The van der Waals surface area contributed by atoms with Crippen LogP contribution in [0.15, 0.2) is 81.7 Å². The monoisotopic (exact) mass is 533 g/mol. The molecule has 8 nitrogen and oxygen atoms in total. The van der Waals surface area contributed by atoms with Gasteiger partial charge < -0.3 is 19.9 Å². The Hall–Kier alpha value is -5.16. The number of carbonyl (C=O) groups is 2. The summed E-state index contributed by atoms with van der Waals surface area (Å²) in [4.78, 5) is 29.2. The topological polar surface area (TPSA) is 136 Å². The van der Waals surface area contributed by atoms with Crippen molar-refractivity contribution in [3.8, 4) is 12.0 Å². The van der Waals surface area contributed by atoms with Crippen LogP contribution in [0.5, 0.6) is 5.95 Å². The van der Waals surface area contributed by atoms with Crippen molar-refractivity contribution in [2.75, 3.05) is 5.32 Å². The van der Waals surface area contributed by atoms with E-state index in [4.69, 9.17) is 9.41 Å². The lowest BCUT2D eigenvalue weighted by atomic mass is 9.83. The molecule has 3 aromatic carbocycles. The fourth-order valence-corrected chi connectivity index (χ4v) is 4.86. The standard InChI is InChI=1S/C32H27N3O5/c1-32(2,3)24-16-18(13-14-25(36)37)15-22-26(31(39)40-29(22)24)28-21-12-8-7-11-20(21)27(35-28)23(17-33)30(38)34-19-9-5-4-6-10-19/h4-12,15-16,39H,13-14H2,1-3H3,(H,34,38)(H,36,37)/b27-23-. The molecular formula is C32H27N3O5. The molecule has 0 spiro atoms. The summed E-state index contributed by atoms with van der Waals surface area (Å²) in [5.74, 6) is -1.86. The number of hydrogen-bond acceptors (Lipinski definition) is 6. The fraction of sp³-hybridized carbons (Fsp3) is 0.188. The van der Waals surface area contributed by atoms with Crippen LogP contribution in [-0.4, -0.2) is 27.8 Å². The van der Waals surface area contributed by atoms with Crippen molar-refractivity contribution >= 4 is 39.9 Å². The minimum Gasteiger partial charge on any atom is -0.481 e. The van der Waals surface area contributed by atoms with E-state index in [-0.39, 0.29) is 29.1 Å². The van der Waals surface area contributed by atoms with Gasteiger partial charge in [-0.25, -0.2) is 4.99 Å². The minimum atomic E-state index is -0.908. The summed E-state index contributed by atoms with van der Waals surface area (Å²) in [7, 11) is 0. The molecule has 200 valence electrons. The van der Waals surface area contributed by atoms with Gasteiger partial charge in [0, 0.05) is 34.2 Å². The van der Waals surface area contributed by atoms with Gasteiger partial charge in [-0.05, 0) is 35.6 Å². The Bertz CT molecular complexity index is 1770. The molecule has 5 rings (SSSR count). The molecule has 1 aliphatic heterocycles. The summed E-state index contributed by atoms with van der Waals surface area (Å²) < 4.78 is 5.91. The summed E-state index contributed by atoms with van der Waals surface area (Å²) in [6.07, 6.45) is 0.249. The molecule has 0 unspecified atom stereocenters. The van der Waals surface area contributed by atoms with Crippen molar-refractivity contribution < 1.29 is 24.2 Å². The van der Waals surface area contributed by atoms with Crippen LogP contribution in [0.3, 0.4) is 0 Å². The zero-order valence-corrected chi connectivity index (χ0v) is 22.3. The minimum absolute atomic E-state index is 0.0486. The largest absolute Gasteiger partial charge is 0.481 e. The molecule has 1 aliphatic rings. The summed E-state index contributed by atoms with van der Waals surface area (Å²) in [6, 6.07) is 21.7. The van der Waals surface area contributed by atoms with Crippen molar-refractivity contribution in [3.63, 3.8) is 0 Å². The Morgan fingerprint density at radius 1 is 1.02 bits per heavy atom. The van der Waals surface area contributed by atoms with Gasteiger partial charge in [-0.1, -0.05) is 69.3 Å². The molecule has 3 N–H and O–H groups in total. The van der Waals surface area contributed by atoms with E-state index in [1.807, 2.05) is 57.2 Å². The van der Waals surface area contributed by atoms with E-state index >= 15 is 0 Å². The van der Waals surface area contributed by atoms with Gasteiger partial charge in [-0.15, -0.1) is 0 Å². The Morgan fingerprint density at radius 3 is 2.35 bits per heavy atom. The number of carboxylic acid groups (broad SMARTS) is 1. The van der Waals surface area contributed by atoms with Crippen LogP contribution < -0.4 is 5.32 Å². The van der Waals surface area contributed by atoms with Crippen LogP contribution >= 0.6 is 0 Å². The van der Waals surface area contributed by atoms with Crippen molar-refractivity contribution in [1.29, 1.82) is 5.26 Å². The number of aliphatic imine (C=N–C) groups is 1. The van der Waals surface area contributed by atoms with Gasteiger partial charge in [0.25, 0.3) is 11.9 Å². The van der Waals surface area contributed by atoms with Gasteiger partial charge >= 0.3 is 5.97 Å². The third-order valence-electron chi connectivity index (χ3n) is 6.77. The molecule has 0 saturated carbocycles. The number of amides is 1. The molecule has 0 aliphatic carbocycles. The highest BCUT2D eigenvalue weighted by Crippen LogP contribution is 2.43. The predicted molar refractivity (Wildman–Crippen MR) is 152 cm³/mol. The van der Waals surface area contributed by atoms with Crippen LogP contribution in [0, 0.1) is 11.3 Å². The second-order valence-corrected chi connectivity index (χ2v) is 10.6. The van der Waals surface area contributed by atoms with Gasteiger partial charge in [-0.2, -0.15) is 5.26 Å². The number of aryl methyl sites for hydroxylation is 1. The quantitative estimate of drug-likeness (QED) is 0.200. The first-order valence-electron chi connectivity index (χ1n) is 12.8. The number of para-hydroxylation sites is 1. The maximum Gasteiger partial charge on any atom is 0.303 e. The van der Waals surface area contributed by atoms with Gasteiger partial charge in [0.05, 0.1) is 17.0 Å². The average molecular weight is 534 g/mol. The third kappa shape index (κ3) is 4.85. The van der Waals surface area contributed by atoms with Crippen LogP contribution in [0.4, 0.5) is 5.69 Å². The lowest BCUT2D eigenvalue weighted by Gasteiger charge is -2.20. The van der Waals surface area contributed by atoms with Crippen LogP contribution in [0.1, 0.15) is 55.0 Å². The molecule has 2 heterocycles. The second-order valence-electron chi connectivity index (χ2n) is 10.6. The average Bonchev–Trinajstić information content (AvgIpc) is 3.44. The SMILES string of the molecule is CC(C)(C)c1cc(CCC(=O)O)cc2c(C3=N/C(=C(/C#N)C(=O)Nc4ccccc4)c4ccccc43)c(O)oc12. The first kappa shape index (κ1) is 26.4. The number of furan rings is 1. The number of nitrogens with zero attached hydrogens (tertiary/aromatic N) is 2. The molecule has 0 saturated heterocycles. The van der Waals surface area contributed by atoms with E-state index in [1.54, 1.807) is 36.4 Å². The molecule has 0 radical (unpaired) electrons. The number of aliphatic carboxylic acids is 1. The van der Waals surface area contributed by atoms with Gasteiger partial charge in [0.15, 0.2) is 0 Å². The van der Waals surface area contributed by atoms with E-state index in [0.29, 0.717) is 45.5 Å². The second kappa shape index (κ2) is 10.2. The van der Waals surface area contributed by atoms with Gasteiger partial charge in [-0.3, -0.25) is 9.59 Å². The third-order valence-corrected chi connectivity index (χ3v) is 6.77. The summed E-state index contributed by atoms with van der Waals surface area (Å²) in [6.45, 7) is 6.03. The molecule has 0 fully saturated rings. The Morgan fingerprint density at radius 2 is 1.70 bits per heavy atom. The van der Waals surface area contributed by atoms with Crippen molar-refractivity contribution in [2.24, 2.45) is 4.99 Å². The number of benzene rings is 3. The molecule has 4 aromatic rings. The number of rotatable bonds is 6. The molecular weight excluding hydrogens is 506 g/mol. The first-order valence-corrected chi connectivity index (χ1v) is 12.8. The highest BCUT2D eigenvalue weighted by molar-refractivity contribution is 6.28. The maximum absolute atomic E-state index is 13.2. The number of fused-ring (bicyclic) bond motifs is 2. The maximum atomic E-state index is 13.2. The lowest BCUT2D eigenvalue weighted by Crippen LogP contribution is -2.14. The number of anilines is 1. The highest BCUT2D eigenvalue weighted by Gasteiger charge is 2.32. The van der Waals surface area contributed by atoms with Crippen molar-refractivity contribution in [3.05, 3.63) is 100 Å². The van der Waals surface area contributed by atoms with E-state index in [1.165, 1.54) is 0 Å². The van der Waals surface area contributed by atoms with E-state index < -0.39 is 11.9 Å². The number of carbonyl (C=O) groups excluding carboxylic acids is 1. The zero-order valence-electron chi connectivity index (χ0n) is 22.3. The number of hydrogen-bond donors (Lipinski definition) is 3. The highest BCUT2D eigenvalue weighted by atomic mass is 16.5. The Balaban J connectivity index is 1.72. The first-order chi connectivity index (χ1) is 19.1. The van der Waals surface area contributed by atoms with Crippen LogP contribution in [-0.2, 0) is 21.4 Å². The van der Waals surface area contributed by atoms with Crippen molar-refractivity contribution in [2.45, 2.75) is 39.0 Å². The van der Waals surface area contributed by atoms with E-state index in [0.717, 1.165) is 11.1 Å². The number of nitriles is 1. The fourth-order valence-electron chi connectivity index (χ4n) is 4.86. The van der Waals surface area contributed by atoms with Gasteiger partial charge in [0.1, 0.15) is 17.2 Å². The lowest BCUT2D eigenvalue weighted by molar-refractivity contribution is -0.137. The van der Waals surface area contributed by atoms with E-state index in [9.17, 15) is 25.1 Å². The van der Waals surface area contributed by atoms with Crippen LogP contribution in [0.25, 0.3) is 16.7 Å². The predicted octanol–water partition coefficient (Wildman–Crippen LogP) is 6.18. The molecule has 8 heteroatoms. The number of aromatic hydroxyl groups is 1. The van der Waals surface area contributed by atoms with Crippen LogP contribution in [0.2, 0.25) is 0 Å². The Labute approximate surface area is 230 Å². The molecule has 0 bridgehead atoms. The Kier molecular flexibility index (Phi) is 6.74. The van der Waals surface area contributed by atoms with Crippen molar-refractivity contribution in [1.82, 2.24) is 0 Å². The summed E-state index contributed by atoms with van der Waals surface area (Å²) in [5.41, 5.74) is 4.13. The summed E-state index contributed by atoms with van der Waals surface area (Å²) in [5, 5.41) is 33.7. The summed E-state index contributed by atoms with van der Waals surface area (Å²) >= 11 is 0. The number of carboxylic acids is 1. The smallest absolute Gasteiger partial charge is 0.303 e. The molecule has 1 amide bonds.